The first-order valence-electron chi connectivity index (χ1n) is 37.1. The van der Waals surface area contributed by atoms with Gasteiger partial charge in [0.15, 0.2) is 0 Å². The molecule has 1 aliphatic rings. The van der Waals surface area contributed by atoms with Crippen LogP contribution in [0.4, 0.5) is 11.4 Å². The molecule has 1 saturated heterocycles. The van der Waals surface area contributed by atoms with Crippen LogP contribution in [0, 0.1) is 5.92 Å². The minimum absolute atomic E-state index is 0.00170. The number of carbonyl (C=O) groups excluding carboxylic acids is 14. The number of ketones is 1. The molecule has 10 atom stereocenters. The highest BCUT2D eigenvalue weighted by Gasteiger charge is 2.46. The molecule has 0 spiro atoms. The number of hydrogen-bond donors (Lipinski definition) is 15. The van der Waals surface area contributed by atoms with Gasteiger partial charge in [0.25, 0.3) is 5.91 Å². The van der Waals surface area contributed by atoms with E-state index >= 15 is 9.59 Å². The molecule has 112 heavy (non-hydrogen) atoms. The lowest BCUT2D eigenvalue weighted by Gasteiger charge is -2.31. The average molecular weight is 1560 g/mol. The first-order valence-corrected chi connectivity index (χ1v) is 37.4. The van der Waals surface area contributed by atoms with Crippen molar-refractivity contribution in [2.45, 2.75) is 186 Å². The number of aliphatic hydroxyl groups is 1. The molecule has 32 heteroatoms. The second-order valence-corrected chi connectivity index (χ2v) is 29.0. The van der Waals surface area contributed by atoms with E-state index in [9.17, 15) is 62.6 Å². The van der Waals surface area contributed by atoms with Crippen LogP contribution in [0.2, 0.25) is 5.02 Å². The Morgan fingerprint density at radius 3 is 1.52 bits per heavy atom. The number of pyridine rings is 1. The first-order chi connectivity index (χ1) is 53.2. The molecule has 6 aromatic rings. The number of halogens is 1. The van der Waals surface area contributed by atoms with Crippen molar-refractivity contribution < 1.29 is 72.2 Å². The Labute approximate surface area is 654 Å². The van der Waals surface area contributed by atoms with Crippen molar-refractivity contribution in [2.24, 2.45) is 17.4 Å². The highest BCUT2D eigenvalue weighted by molar-refractivity contribution is 6.30. The van der Waals surface area contributed by atoms with Gasteiger partial charge in [0.05, 0.1) is 6.61 Å². The second-order valence-electron chi connectivity index (χ2n) is 28.6. The lowest BCUT2D eigenvalue weighted by molar-refractivity contribution is -0.142. The highest BCUT2D eigenvalue weighted by Crippen LogP contribution is 2.24. The number of unbranched alkanes of at least 4 members (excludes halogenated alkanes) is 1. The van der Waals surface area contributed by atoms with Gasteiger partial charge in [0.2, 0.25) is 82.3 Å². The molecule has 0 aliphatic carbocycles. The molecule has 598 valence electrons. The van der Waals surface area contributed by atoms with Gasteiger partial charge in [0.1, 0.15) is 54.4 Å². The fraction of sp³-hybridized carbons (Fsp3) is 0.412. The maximum atomic E-state index is 15.3. The van der Waals surface area contributed by atoms with Crippen molar-refractivity contribution in [2.75, 3.05) is 30.3 Å². The summed E-state index contributed by atoms with van der Waals surface area (Å²) in [6.45, 7) is 12.2. The van der Waals surface area contributed by atoms with E-state index < -0.39 is 137 Å². The summed E-state index contributed by atoms with van der Waals surface area (Å²) in [5, 5.41) is 44.9. The number of aliphatic hydroxyl groups excluding tert-OH is 1. The van der Waals surface area contributed by atoms with Gasteiger partial charge in [-0.2, -0.15) is 0 Å². The molecule has 7 rings (SSSR count). The molecule has 0 saturated carbocycles. The molecule has 0 bridgehead atoms. The second kappa shape index (κ2) is 42.0. The fourth-order valence-corrected chi connectivity index (χ4v) is 12.8. The normalized spacial score (nSPS) is 15.2. The number of amides is 13. The predicted molar refractivity (Wildman–Crippen MR) is 420 cm³/mol. The quantitative estimate of drug-likeness (QED) is 0.0114. The van der Waals surface area contributed by atoms with E-state index in [1.807, 2.05) is 13.8 Å². The number of rotatable bonds is 40. The third-order valence-electron chi connectivity index (χ3n) is 18.4. The van der Waals surface area contributed by atoms with Crippen LogP contribution in [0.15, 0.2) is 140 Å². The number of primary amides is 1. The number of fused-ring (bicyclic) bond motifs is 1. The summed E-state index contributed by atoms with van der Waals surface area (Å²) in [5.41, 5.74) is 11.5. The molecule has 0 unspecified atom stereocenters. The number of anilines is 2. The molecule has 17 N–H and O–H groups in total. The van der Waals surface area contributed by atoms with Crippen molar-refractivity contribution >= 4 is 116 Å². The fourth-order valence-electron chi connectivity index (χ4n) is 12.6. The molecule has 1 aliphatic heterocycles. The largest absolute Gasteiger partial charge is 0.394 e. The Morgan fingerprint density at radius 1 is 0.545 bits per heavy atom. The average Bonchev–Trinajstić information content (AvgIpc) is 0.906. The SMILES string of the molecule is CC(=O)Nc1ccc(C[C@H](NC(=O)[C@H](CO)NC(=O)[C@@H](Cc2cccnc2)NC(=O)[C@@H](Cc2ccc(Cl)cc2)NC(=O)[C@@](N)(NC(C)=O)C(=O)c2ccc3ccccc3c2)C(=O)N[C@H](Cc2ccc(NC(C)=O)cc2)C(=O)N[C@@H](CC(C)C)C(=O)N[C@@H](CCCCNC(C)C)C(=O)N2CCC[C@H]2C(=O)N[C@H](C)C(N)=O)cc1. The minimum Gasteiger partial charge on any atom is -0.394 e. The standard InChI is InChI=1S/C80H101ClN16O15/c1-45(2)37-62(71(104)89-61(18-11-12-35-85-46(3)4)78(111)97-36-14-19-68(97)77(110)86-47(5)70(82)103)90-72(105)63(38-52-22-30-59(31-23-52)87-48(6)99)91-73(106)64(39-53-24-32-60(33-25-53)88-49(7)100)93-76(109)67(44-98)94-74(107)65(41-54-15-13-34-84-43-54)92-75(108)66(40-51-20-28-58(81)29-21-51)95-79(112)80(83,96-50(8)101)69(102)57-27-26-55-16-9-10-17-56(55)42-57/h9-10,13,15-17,20-34,42-43,45-47,61-68,85,98H,11-12,14,18-19,35-41,44,83H2,1-8H3,(H2,82,103)(H,86,110)(H,87,99)(H,88,100)(H,89,104)(H,90,105)(H,91,106)(H,92,108)(H,93,109)(H,94,107)(H,95,112)(H,96,101)/t47-,61+,62+,63-,64+,65-,66-,67+,68+,80+/m1/s1. The summed E-state index contributed by atoms with van der Waals surface area (Å²) in [5.74, 6) is -12.2. The van der Waals surface area contributed by atoms with Gasteiger partial charge in [-0.05, 0) is 139 Å². The van der Waals surface area contributed by atoms with E-state index in [0.717, 1.165) is 12.3 Å². The molecule has 0 radical (unpaired) electrons. The van der Waals surface area contributed by atoms with E-state index in [2.05, 4.69) is 68.8 Å². The zero-order valence-electron chi connectivity index (χ0n) is 63.9. The van der Waals surface area contributed by atoms with Gasteiger partial charge in [0, 0.05) is 93.4 Å². The van der Waals surface area contributed by atoms with Gasteiger partial charge in [-0.25, -0.2) is 0 Å². The van der Waals surface area contributed by atoms with E-state index in [1.54, 1.807) is 105 Å². The number of Topliss-reactive ketones (excluding diaryl/α,β-unsaturated/α-hetero) is 1. The molecule has 5 aromatic carbocycles. The predicted octanol–water partition coefficient (Wildman–Crippen LogP) is 2.33. The van der Waals surface area contributed by atoms with Crippen molar-refractivity contribution in [1.29, 1.82) is 0 Å². The molecule has 1 aromatic heterocycles. The third kappa shape index (κ3) is 26.6. The van der Waals surface area contributed by atoms with Gasteiger partial charge in [-0.1, -0.05) is 118 Å². The lowest BCUT2D eigenvalue weighted by Crippen LogP contribution is -2.71. The summed E-state index contributed by atoms with van der Waals surface area (Å²) in [6, 6.07) is 20.3. The molecule has 13 amide bonds. The smallest absolute Gasteiger partial charge is 0.269 e. The Morgan fingerprint density at radius 2 is 1.03 bits per heavy atom. The monoisotopic (exact) mass is 1560 g/mol. The summed E-state index contributed by atoms with van der Waals surface area (Å²) in [7, 11) is 0. The maximum absolute atomic E-state index is 15.3. The van der Waals surface area contributed by atoms with Crippen LogP contribution in [-0.4, -0.2) is 183 Å². The number of hydrogen-bond acceptors (Lipinski definition) is 18. The van der Waals surface area contributed by atoms with Crippen molar-refractivity contribution in [1.82, 2.24) is 63.1 Å². The van der Waals surface area contributed by atoms with Crippen LogP contribution < -0.4 is 75.3 Å². The van der Waals surface area contributed by atoms with Crippen LogP contribution in [0.3, 0.4) is 0 Å². The lowest BCUT2D eigenvalue weighted by atomic mass is 9.94. The summed E-state index contributed by atoms with van der Waals surface area (Å²) in [6.07, 6.45) is 3.41. The number of likely N-dealkylation sites (tertiary alicyclic amines) is 1. The van der Waals surface area contributed by atoms with Crippen LogP contribution in [-0.2, 0) is 88.0 Å². The van der Waals surface area contributed by atoms with Crippen molar-refractivity contribution in [3.63, 3.8) is 0 Å². The number of nitrogens with one attached hydrogen (secondary N) is 12. The number of carbonyl (C=O) groups is 14. The van der Waals surface area contributed by atoms with E-state index in [4.69, 9.17) is 23.1 Å². The summed E-state index contributed by atoms with van der Waals surface area (Å²) in [4.78, 5) is 202. The zero-order chi connectivity index (χ0) is 81.9. The van der Waals surface area contributed by atoms with E-state index in [1.165, 1.54) is 74.5 Å². The molecule has 31 nitrogen and oxygen atoms in total. The number of nitrogens with two attached hydrogens (primary N) is 2. The van der Waals surface area contributed by atoms with Crippen LogP contribution >= 0.6 is 11.6 Å². The minimum atomic E-state index is -2.83. The number of nitrogens with zero attached hydrogens (tertiary/aromatic N) is 2. The third-order valence-corrected chi connectivity index (χ3v) is 18.7. The Kier molecular flexibility index (Phi) is 32.9. The Balaban J connectivity index is 1.19. The van der Waals surface area contributed by atoms with Crippen molar-refractivity contribution in [3.05, 3.63) is 173 Å². The van der Waals surface area contributed by atoms with Crippen molar-refractivity contribution in [3.8, 4) is 0 Å². The first kappa shape index (κ1) is 87.7. The van der Waals surface area contributed by atoms with E-state index in [0.29, 0.717) is 69.8 Å². The van der Waals surface area contributed by atoms with Crippen LogP contribution in [0.25, 0.3) is 10.8 Å². The van der Waals surface area contributed by atoms with Crippen LogP contribution in [0.1, 0.15) is 127 Å². The zero-order valence-corrected chi connectivity index (χ0v) is 64.7. The molecule has 2 heterocycles. The molecule has 1 fully saturated rings. The Hall–Kier alpha value is -11.5. The van der Waals surface area contributed by atoms with Crippen LogP contribution in [0.5, 0.6) is 0 Å². The van der Waals surface area contributed by atoms with Gasteiger partial charge < -0.3 is 79.5 Å². The van der Waals surface area contributed by atoms with Gasteiger partial charge in [-0.15, -0.1) is 0 Å². The van der Waals surface area contributed by atoms with Gasteiger partial charge >= 0.3 is 0 Å². The number of benzene rings is 5. The summed E-state index contributed by atoms with van der Waals surface area (Å²) < 4.78 is 0. The summed E-state index contributed by atoms with van der Waals surface area (Å²) >= 11 is 6.24. The highest BCUT2D eigenvalue weighted by atomic mass is 35.5. The topological polar surface area (TPSA) is 472 Å². The molecular weight excluding hydrogens is 1460 g/mol. The molecular formula is C80H101ClN16O15. The Bertz CT molecular complexity index is 4340. The van der Waals surface area contributed by atoms with Gasteiger partial charge in [-0.3, -0.25) is 77.8 Å². The maximum Gasteiger partial charge on any atom is 0.269 e. The van der Waals surface area contributed by atoms with E-state index in [-0.39, 0.29) is 80.8 Å². The number of aromatic nitrogens is 1.